The highest BCUT2D eigenvalue weighted by Gasteiger charge is 2.31. The van der Waals surface area contributed by atoms with Crippen LogP contribution in [-0.2, 0) is 26.2 Å². The van der Waals surface area contributed by atoms with Crippen molar-refractivity contribution < 1.29 is 18.0 Å². The van der Waals surface area contributed by atoms with Gasteiger partial charge in [0.15, 0.2) is 0 Å². The number of sulfonamides is 1. The van der Waals surface area contributed by atoms with E-state index in [-0.39, 0.29) is 24.4 Å². The van der Waals surface area contributed by atoms with Gasteiger partial charge in [0.05, 0.1) is 11.9 Å². The molecule has 1 N–H and O–H groups in total. The molecule has 0 spiro atoms. The lowest BCUT2D eigenvalue weighted by atomic mass is 10.0. The van der Waals surface area contributed by atoms with Crippen LogP contribution in [0.15, 0.2) is 54.6 Å². The van der Waals surface area contributed by atoms with Crippen LogP contribution in [0.5, 0.6) is 0 Å². The molecule has 0 aliphatic rings. The molecule has 2 atom stereocenters. The first-order valence-corrected chi connectivity index (χ1v) is 13.5. The molecule has 0 heterocycles. The van der Waals surface area contributed by atoms with Gasteiger partial charge in [-0.05, 0) is 43.4 Å². The van der Waals surface area contributed by atoms with Crippen LogP contribution in [0.1, 0.15) is 58.1 Å². The van der Waals surface area contributed by atoms with Gasteiger partial charge in [0.25, 0.3) is 0 Å². The van der Waals surface area contributed by atoms with Crippen molar-refractivity contribution in [3.05, 3.63) is 65.7 Å². The third-order valence-electron chi connectivity index (χ3n) is 5.87. The summed E-state index contributed by atoms with van der Waals surface area (Å²) < 4.78 is 26.7. The first-order valence-electron chi connectivity index (χ1n) is 11.7. The van der Waals surface area contributed by atoms with E-state index < -0.39 is 28.5 Å². The maximum Gasteiger partial charge on any atom is 0.244 e. The Hall–Kier alpha value is -2.87. The Morgan fingerprint density at radius 1 is 0.941 bits per heavy atom. The molecule has 0 fully saturated rings. The molecule has 0 bridgehead atoms. The minimum Gasteiger partial charge on any atom is -0.352 e. The van der Waals surface area contributed by atoms with Gasteiger partial charge in [0.2, 0.25) is 21.8 Å². The Morgan fingerprint density at radius 3 is 2.09 bits per heavy atom. The summed E-state index contributed by atoms with van der Waals surface area (Å²) in [7, 11) is -3.76. The highest BCUT2D eigenvalue weighted by molar-refractivity contribution is 7.92. The predicted octanol–water partition coefficient (Wildman–Crippen LogP) is 3.91. The zero-order valence-electron chi connectivity index (χ0n) is 21.0. The second kappa shape index (κ2) is 12.0. The van der Waals surface area contributed by atoms with Crippen molar-refractivity contribution in [2.24, 2.45) is 0 Å². The lowest BCUT2D eigenvalue weighted by Gasteiger charge is -2.32. The number of nitrogens with zero attached hydrogens (tertiary/aromatic N) is 2. The number of carbonyl (C=O) groups is 2. The molecule has 2 amide bonds. The van der Waals surface area contributed by atoms with Crippen LogP contribution in [0.25, 0.3) is 0 Å². The monoisotopic (exact) mass is 487 g/mol. The van der Waals surface area contributed by atoms with E-state index >= 15 is 0 Å². The standard InChI is InChI=1S/C26H37N3O4S/c1-7-20(4)27-26(31)21(5)28(17-22-13-9-8-10-14-22)25(30)18-29(34(6,32)33)24-16-12-11-15-23(24)19(2)3/h8-16,19-21H,7,17-18H2,1-6H3,(H,27,31)/t20-,21+/m1/s1. The second-order valence-corrected chi connectivity index (χ2v) is 10.9. The molecule has 34 heavy (non-hydrogen) atoms. The molecule has 0 aromatic heterocycles. The van der Waals surface area contributed by atoms with Crippen LogP contribution in [0, 0.1) is 0 Å². The predicted molar refractivity (Wildman–Crippen MR) is 137 cm³/mol. The first kappa shape index (κ1) is 27.4. The van der Waals surface area contributed by atoms with Crippen LogP contribution in [0.3, 0.4) is 0 Å². The summed E-state index contributed by atoms with van der Waals surface area (Å²) in [6.07, 6.45) is 1.86. The molecule has 0 aliphatic carbocycles. The van der Waals surface area contributed by atoms with Crippen LogP contribution in [0.4, 0.5) is 5.69 Å². The lowest BCUT2D eigenvalue weighted by molar-refractivity contribution is -0.139. The third-order valence-corrected chi connectivity index (χ3v) is 7.00. The second-order valence-electron chi connectivity index (χ2n) is 8.98. The molecule has 2 aromatic rings. The summed E-state index contributed by atoms with van der Waals surface area (Å²) in [6.45, 7) is 9.30. The van der Waals surface area contributed by atoms with Crippen molar-refractivity contribution in [1.82, 2.24) is 10.2 Å². The van der Waals surface area contributed by atoms with E-state index in [4.69, 9.17) is 0 Å². The number of hydrogen-bond donors (Lipinski definition) is 1. The molecule has 0 aliphatic heterocycles. The molecular formula is C26H37N3O4S. The van der Waals surface area contributed by atoms with Crippen molar-refractivity contribution in [3.8, 4) is 0 Å². The van der Waals surface area contributed by atoms with E-state index in [9.17, 15) is 18.0 Å². The van der Waals surface area contributed by atoms with Gasteiger partial charge in [-0.1, -0.05) is 69.3 Å². The van der Waals surface area contributed by atoms with Crippen molar-refractivity contribution in [2.45, 2.75) is 65.6 Å². The molecule has 0 unspecified atom stereocenters. The first-order chi connectivity index (χ1) is 16.0. The van der Waals surface area contributed by atoms with Gasteiger partial charge in [-0.2, -0.15) is 0 Å². The molecular weight excluding hydrogens is 450 g/mol. The summed E-state index contributed by atoms with van der Waals surface area (Å²) in [5.41, 5.74) is 2.16. The van der Waals surface area contributed by atoms with Gasteiger partial charge in [0.1, 0.15) is 12.6 Å². The topological polar surface area (TPSA) is 86.8 Å². The van der Waals surface area contributed by atoms with E-state index in [1.165, 1.54) is 4.90 Å². The fourth-order valence-corrected chi connectivity index (χ4v) is 4.49. The van der Waals surface area contributed by atoms with Gasteiger partial charge in [-0.25, -0.2) is 8.42 Å². The Labute approximate surface area is 204 Å². The highest BCUT2D eigenvalue weighted by atomic mass is 32.2. The molecule has 0 radical (unpaired) electrons. The van der Waals surface area contributed by atoms with Crippen molar-refractivity contribution >= 4 is 27.5 Å². The number of para-hydroxylation sites is 1. The number of nitrogens with one attached hydrogen (secondary N) is 1. The van der Waals surface area contributed by atoms with Gasteiger partial charge in [-0.15, -0.1) is 0 Å². The summed E-state index contributed by atoms with van der Waals surface area (Å²) in [6, 6.07) is 15.7. The van der Waals surface area contributed by atoms with Crippen LogP contribution in [-0.4, -0.2) is 50.0 Å². The fourth-order valence-electron chi connectivity index (χ4n) is 3.63. The average molecular weight is 488 g/mol. The van der Waals surface area contributed by atoms with Crippen molar-refractivity contribution in [1.29, 1.82) is 0 Å². The molecule has 7 nitrogen and oxygen atoms in total. The molecule has 186 valence electrons. The van der Waals surface area contributed by atoms with Crippen LogP contribution < -0.4 is 9.62 Å². The van der Waals surface area contributed by atoms with Crippen molar-refractivity contribution in [3.63, 3.8) is 0 Å². The number of anilines is 1. The third kappa shape index (κ3) is 7.32. The largest absolute Gasteiger partial charge is 0.352 e. The zero-order chi connectivity index (χ0) is 25.5. The minimum absolute atomic E-state index is 0.0333. The molecule has 0 saturated heterocycles. The molecule has 2 aromatic carbocycles. The number of rotatable bonds is 11. The average Bonchev–Trinajstić information content (AvgIpc) is 2.80. The van der Waals surface area contributed by atoms with Gasteiger partial charge >= 0.3 is 0 Å². The summed E-state index contributed by atoms with van der Waals surface area (Å²) in [4.78, 5) is 28.0. The number of benzene rings is 2. The maximum absolute atomic E-state index is 13.6. The Morgan fingerprint density at radius 2 is 1.53 bits per heavy atom. The summed E-state index contributed by atoms with van der Waals surface area (Å²) in [5, 5.41) is 2.93. The number of amides is 2. The quantitative estimate of drug-likeness (QED) is 0.521. The van der Waals surface area contributed by atoms with Gasteiger partial charge in [0, 0.05) is 12.6 Å². The van der Waals surface area contributed by atoms with Crippen molar-refractivity contribution in [2.75, 3.05) is 17.1 Å². The summed E-state index contributed by atoms with van der Waals surface area (Å²) in [5.74, 6) is -0.650. The molecule has 2 rings (SSSR count). The fraction of sp³-hybridized carbons (Fsp3) is 0.462. The lowest BCUT2D eigenvalue weighted by Crippen LogP contribution is -2.52. The van der Waals surface area contributed by atoms with Crippen LogP contribution in [0.2, 0.25) is 0 Å². The van der Waals surface area contributed by atoms with E-state index in [1.807, 2.05) is 70.2 Å². The highest BCUT2D eigenvalue weighted by Crippen LogP contribution is 2.29. The normalized spacial score (nSPS) is 13.3. The van der Waals surface area contributed by atoms with Gasteiger partial charge in [-0.3, -0.25) is 13.9 Å². The SMILES string of the molecule is CC[C@@H](C)NC(=O)[C@H](C)N(Cc1ccccc1)C(=O)CN(c1ccccc1C(C)C)S(C)(=O)=O. The Kier molecular flexibility index (Phi) is 9.67. The molecule has 0 saturated carbocycles. The van der Waals surface area contributed by atoms with Crippen LogP contribution >= 0.6 is 0 Å². The smallest absolute Gasteiger partial charge is 0.244 e. The Bertz CT molecular complexity index is 1070. The summed E-state index contributed by atoms with van der Waals surface area (Å²) >= 11 is 0. The molecule has 8 heteroatoms. The van der Waals surface area contributed by atoms with E-state index in [1.54, 1.807) is 19.1 Å². The van der Waals surface area contributed by atoms with E-state index in [0.29, 0.717) is 5.69 Å². The number of carbonyl (C=O) groups excluding carboxylic acids is 2. The van der Waals surface area contributed by atoms with Gasteiger partial charge < -0.3 is 10.2 Å². The zero-order valence-corrected chi connectivity index (χ0v) is 21.8. The maximum atomic E-state index is 13.6. The number of hydrogen-bond acceptors (Lipinski definition) is 4. The van der Waals surface area contributed by atoms with E-state index in [2.05, 4.69) is 5.32 Å². The minimum atomic E-state index is -3.76. The van der Waals surface area contributed by atoms with E-state index in [0.717, 1.165) is 28.1 Å². The Balaban J connectivity index is 2.42.